The van der Waals surface area contributed by atoms with Gasteiger partial charge in [0.15, 0.2) is 12.6 Å². The van der Waals surface area contributed by atoms with Gasteiger partial charge < -0.3 is 28.4 Å². The summed E-state index contributed by atoms with van der Waals surface area (Å²) >= 11 is 0. The second-order valence-electron chi connectivity index (χ2n) is 7.30. The van der Waals surface area contributed by atoms with Gasteiger partial charge in [-0.15, -0.1) is 6.58 Å². The van der Waals surface area contributed by atoms with Crippen LogP contribution in [-0.4, -0.2) is 51.0 Å². The van der Waals surface area contributed by atoms with E-state index in [1.165, 1.54) is 0 Å². The van der Waals surface area contributed by atoms with E-state index >= 15 is 0 Å². The molecule has 0 saturated carbocycles. The lowest BCUT2D eigenvalue weighted by Gasteiger charge is -2.48. The first-order valence-corrected chi connectivity index (χ1v) is 10.2. The zero-order valence-electron chi connectivity index (χ0n) is 17.1. The molecule has 2 aliphatic heterocycles. The molecule has 2 aromatic carbocycles. The largest absolute Gasteiger partial charge is 0.368 e. The molecule has 2 heterocycles. The fourth-order valence-electron chi connectivity index (χ4n) is 3.83. The average molecular weight is 412 g/mol. The normalized spacial score (nSPS) is 31.1. The Morgan fingerprint density at radius 2 is 1.70 bits per heavy atom. The molecule has 6 nitrogen and oxygen atoms in total. The van der Waals surface area contributed by atoms with E-state index in [0.717, 1.165) is 11.1 Å². The van der Waals surface area contributed by atoms with Gasteiger partial charge in [0.1, 0.15) is 24.4 Å². The van der Waals surface area contributed by atoms with Gasteiger partial charge in [0.05, 0.1) is 19.8 Å². The van der Waals surface area contributed by atoms with Crippen LogP contribution in [0.25, 0.3) is 0 Å². The molecule has 160 valence electrons. The smallest absolute Gasteiger partial charge is 0.186 e. The zero-order chi connectivity index (χ0) is 20.8. The van der Waals surface area contributed by atoms with E-state index < -0.39 is 24.8 Å². The molecule has 2 aliphatic rings. The number of rotatable bonds is 8. The number of hydrogen-bond acceptors (Lipinski definition) is 6. The van der Waals surface area contributed by atoms with Crippen molar-refractivity contribution in [3.63, 3.8) is 0 Å². The highest BCUT2D eigenvalue weighted by molar-refractivity contribution is 5.17. The highest BCUT2D eigenvalue weighted by Gasteiger charge is 2.51. The lowest BCUT2D eigenvalue weighted by molar-refractivity contribution is -0.367. The Bertz CT molecular complexity index is 783. The van der Waals surface area contributed by atoms with Crippen molar-refractivity contribution in [3.05, 3.63) is 84.4 Å². The third kappa shape index (κ3) is 4.81. The predicted molar refractivity (Wildman–Crippen MR) is 111 cm³/mol. The fraction of sp³-hybridized carbons (Fsp3) is 0.417. The maximum atomic E-state index is 6.36. The molecule has 30 heavy (non-hydrogen) atoms. The van der Waals surface area contributed by atoms with Crippen LogP contribution in [0.1, 0.15) is 17.4 Å². The van der Waals surface area contributed by atoms with Gasteiger partial charge in [-0.2, -0.15) is 0 Å². The minimum atomic E-state index is -0.590. The van der Waals surface area contributed by atoms with Crippen LogP contribution < -0.4 is 0 Å². The third-order valence-corrected chi connectivity index (χ3v) is 5.28. The molecule has 2 aromatic rings. The second-order valence-corrected chi connectivity index (χ2v) is 7.30. The first-order valence-electron chi connectivity index (χ1n) is 10.2. The molecule has 0 unspecified atom stereocenters. The molecule has 2 fully saturated rings. The van der Waals surface area contributed by atoms with Crippen LogP contribution in [0, 0.1) is 0 Å². The highest BCUT2D eigenvalue weighted by Crippen LogP contribution is 2.36. The van der Waals surface area contributed by atoms with Crippen molar-refractivity contribution in [1.82, 2.24) is 0 Å². The van der Waals surface area contributed by atoms with E-state index in [1.807, 2.05) is 60.7 Å². The third-order valence-electron chi connectivity index (χ3n) is 5.28. The van der Waals surface area contributed by atoms with Crippen molar-refractivity contribution in [2.75, 3.05) is 20.3 Å². The van der Waals surface area contributed by atoms with Gasteiger partial charge in [0.25, 0.3) is 0 Å². The summed E-state index contributed by atoms with van der Waals surface area (Å²) in [5, 5.41) is 0. The first kappa shape index (κ1) is 21.2. The molecule has 4 rings (SSSR count). The number of methoxy groups -OCH3 is 1. The molecule has 6 atom stereocenters. The average Bonchev–Trinajstić information content (AvgIpc) is 2.82. The molecule has 0 bridgehead atoms. The van der Waals surface area contributed by atoms with Crippen LogP contribution in [0.5, 0.6) is 0 Å². The van der Waals surface area contributed by atoms with Crippen LogP contribution in [0.15, 0.2) is 73.3 Å². The lowest BCUT2D eigenvalue weighted by atomic mass is 9.97. The van der Waals surface area contributed by atoms with Crippen LogP contribution >= 0.6 is 0 Å². The van der Waals surface area contributed by atoms with Crippen molar-refractivity contribution in [1.29, 1.82) is 0 Å². The standard InChI is InChI=1S/C24H28O6/c1-3-14-26-22-21(27-15-17-10-6-4-7-11-17)20-19(29-24(22)25-2)16-28-23(30-20)18-12-8-5-9-13-18/h3-13,19-24H,1,14-16H2,2H3/t19-,20-,21-,22-,23+,24-/m0/s1. The van der Waals surface area contributed by atoms with Crippen molar-refractivity contribution < 1.29 is 28.4 Å². The van der Waals surface area contributed by atoms with Crippen molar-refractivity contribution in [2.24, 2.45) is 0 Å². The molecule has 2 saturated heterocycles. The van der Waals surface area contributed by atoms with Crippen LogP contribution in [-0.2, 0) is 35.0 Å². The number of hydrogen-bond donors (Lipinski definition) is 0. The summed E-state index contributed by atoms with van der Waals surface area (Å²) in [6.07, 6.45) is -0.930. The first-order chi connectivity index (χ1) is 14.8. The molecular formula is C24H28O6. The van der Waals surface area contributed by atoms with Crippen molar-refractivity contribution in [2.45, 2.75) is 43.6 Å². The van der Waals surface area contributed by atoms with Gasteiger partial charge >= 0.3 is 0 Å². The van der Waals surface area contributed by atoms with Crippen molar-refractivity contribution >= 4 is 0 Å². The van der Waals surface area contributed by atoms with Gasteiger partial charge in [0.2, 0.25) is 0 Å². The van der Waals surface area contributed by atoms with Gasteiger partial charge in [-0.3, -0.25) is 0 Å². The number of benzene rings is 2. The highest BCUT2D eigenvalue weighted by atomic mass is 16.8. The van der Waals surface area contributed by atoms with E-state index in [2.05, 4.69) is 6.58 Å². The van der Waals surface area contributed by atoms with Gasteiger partial charge in [-0.1, -0.05) is 66.7 Å². The van der Waals surface area contributed by atoms with E-state index in [9.17, 15) is 0 Å². The molecule has 0 N–H and O–H groups in total. The quantitative estimate of drug-likeness (QED) is 0.617. The summed E-state index contributed by atoms with van der Waals surface area (Å²) in [7, 11) is 1.60. The second kappa shape index (κ2) is 10.3. The van der Waals surface area contributed by atoms with E-state index in [1.54, 1.807) is 13.2 Å². The minimum absolute atomic E-state index is 0.320. The SMILES string of the molecule is C=CCO[C@@H]1[C@@H](OC)O[C@H]2CO[C@@H](c3ccccc3)O[C@@H]2[C@@H]1OCc1ccccc1. The number of fused-ring (bicyclic) bond motifs is 1. The fourth-order valence-corrected chi connectivity index (χ4v) is 3.83. The van der Waals surface area contributed by atoms with E-state index in [4.69, 9.17) is 28.4 Å². The summed E-state index contributed by atoms with van der Waals surface area (Å²) in [5.41, 5.74) is 2.03. The molecule has 0 radical (unpaired) electrons. The Morgan fingerprint density at radius 3 is 2.40 bits per heavy atom. The van der Waals surface area contributed by atoms with Gasteiger partial charge in [-0.25, -0.2) is 0 Å². The number of ether oxygens (including phenoxy) is 6. The van der Waals surface area contributed by atoms with Crippen molar-refractivity contribution in [3.8, 4) is 0 Å². The molecular weight excluding hydrogens is 384 g/mol. The summed E-state index contributed by atoms with van der Waals surface area (Å²) in [6, 6.07) is 19.9. The summed E-state index contributed by atoms with van der Waals surface area (Å²) in [6.45, 7) is 4.91. The monoisotopic (exact) mass is 412 g/mol. The Labute approximate surface area is 177 Å². The Balaban J connectivity index is 1.56. The maximum Gasteiger partial charge on any atom is 0.186 e. The topological polar surface area (TPSA) is 55.4 Å². The van der Waals surface area contributed by atoms with Crippen LogP contribution in [0.3, 0.4) is 0 Å². The summed E-state index contributed by atoms with van der Waals surface area (Å²) in [4.78, 5) is 0. The Morgan fingerprint density at radius 1 is 0.967 bits per heavy atom. The Kier molecular flexibility index (Phi) is 7.28. The molecule has 0 amide bonds. The van der Waals surface area contributed by atoms with E-state index in [-0.39, 0.29) is 12.2 Å². The molecule has 6 heteroatoms. The summed E-state index contributed by atoms with van der Waals surface area (Å²) < 4.78 is 36.3. The van der Waals surface area contributed by atoms with Crippen LogP contribution in [0.4, 0.5) is 0 Å². The predicted octanol–water partition coefficient (Wildman–Crippen LogP) is 3.63. The summed E-state index contributed by atoms with van der Waals surface area (Å²) in [5.74, 6) is 0. The van der Waals surface area contributed by atoms with Gasteiger partial charge in [0, 0.05) is 12.7 Å². The molecule has 0 spiro atoms. The zero-order valence-corrected chi connectivity index (χ0v) is 17.1. The maximum absolute atomic E-state index is 6.36. The van der Waals surface area contributed by atoms with Gasteiger partial charge in [-0.05, 0) is 5.56 Å². The Hall–Kier alpha value is -2.06. The van der Waals surface area contributed by atoms with E-state index in [0.29, 0.717) is 19.8 Å². The minimum Gasteiger partial charge on any atom is -0.368 e. The van der Waals surface area contributed by atoms with Crippen LogP contribution in [0.2, 0.25) is 0 Å². The molecule has 0 aromatic heterocycles. The lowest BCUT2D eigenvalue weighted by Crippen LogP contribution is -2.63. The molecule has 0 aliphatic carbocycles.